The van der Waals surface area contributed by atoms with Crippen LogP contribution in [-0.2, 0) is 0 Å². The number of carbonyl (C=O) groups excluding carboxylic acids is 1. The van der Waals surface area contributed by atoms with Gasteiger partial charge in [0.2, 0.25) is 0 Å². The van der Waals surface area contributed by atoms with E-state index in [1.54, 1.807) is 11.1 Å². The third-order valence-corrected chi connectivity index (χ3v) is 3.81. The first-order valence-corrected chi connectivity index (χ1v) is 6.85. The largest absolute Gasteiger partial charge is 0.380 e. The van der Waals surface area contributed by atoms with Gasteiger partial charge in [0.1, 0.15) is 4.60 Å². The minimum atomic E-state index is -0.348. The van der Waals surface area contributed by atoms with Crippen LogP contribution in [0.1, 0.15) is 12.8 Å². The van der Waals surface area contributed by atoms with E-state index in [9.17, 15) is 4.79 Å². The summed E-state index contributed by atoms with van der Waals surface area (Å²) in [7, 11) is 0. The fraction of sp³-hybridized carbons (Fsp3) is 0.455. The molecule has 1 aliphatic heterocycles. The molecule has 0 aliphatic carbocycles. The number of aromatic nitrogens is 1. The number of amides is 2. The number of carbonyl (C=O) groups is 1. The number of pyridine rings is 1. The van der Waals surface area contributed by atoms with Crippen molar-refractivity contribution in [3.63, 3.8) is 0 Å². The molecule has 3 N–H and O–H groups in total. The minimum absolute atomic E-state index is 0.303. The van der Waals surface area contributed by atoms with E-state index in [4.69, 9.17) is 17.3 Å². The van der Waals surface area contributed by atoms with E-state index in [1.165, 1.54) is 0 Å². The third kappa shape index (κ3) is 3.26. The minimum Gasteiger partial charge on any atom is -0.380 e. The van der Waals surface area contributed by atoms with E-state index in [0.29, 0.717) is 24.2 Å². The summed E-state index contributed by atoms with van der Waals surface area (Å²) in [5.74, 6) is 0. The van der Waals surface area contributed by atoms with Gasteiger partial charge < -0.3 is 16.0 Å². The lowest BCUT2D eigenvalue weighted by atomic mass is 10.1. The molecule has 7 heteroatoms. The predicted octanol–water partition coefficient (Wildman–Crippen LogP) is 2.45. The van der Waals surface area contributed by atoms with Crippen molar-refractivity contribution in [1.29, 1.82) is 0 Å². The molecule has 2 rings (SSSR count). The predicted molar refractivity (Wildman–Crippen MR) is 74.7 cm³/mol. The van der Waals surface area contributed by atoms with E-state index < -0.39 is 0 Å². The molecule has 18 heavy (non-hydrogen) atoms. The number of nitrogens with one attached hydrogen (secondary N) is 1. The van der Waals surface area contributed by atoms with Crippen molar-refractivity contribution in [3.8, 4) is 0 Å². The summed E-state index contributed by atoms with van der Waals surface area (Å²) in [6, 6.07) is 1.79. The quantitative estimate of drug-likeness (QED) is 0.817. The lowest BCUT2D eigenvalue weighted by molar-refractivity contribution is 0.193. The number of nitrogens with two attached hydrogens (primary N) is 1. The monoisotopic (exact) mass is 332 g/mol. The van der Waals surface area contributed by atoms with Crippen molar-refractivity contribution >= 4 is 39.2 Å². The Morgan fingerprint density at radius 1 is 1.56 bits per heavy atom. The summed E-state index contributed by atoms with van der Waals surface area (Å²) in [4.78, 5) is 16.8. The van der Waals surface area contributed by atoms with Crippen molar-refractivity contribution < 1.29 is 4.79 Å². The number of hydrogen-bond acceptors (Lipinski definition) is 3. The zero-order valence-corrected chi connectivity index (χ0v) is 12.0. The number of rotatable bonds is 2. The molecule has 98 valence electrons. The fourth-order valence-electron chi connectivity index (χ4n) is 1.99. The van der Waals surface area contributed by atoms with E-state index in [-0.39, 0.29) is 6.03 Å². The highest BCUT2D eigenvalue weighted by Crippen LogP contribution is 2.25. The van der Waals surface area contributed by atoms with Crippen LogP contribution in [0.25, 0.3) is 0 Å². The SMILES string of the molecule is NC(=O)N1CCC(Nc2cc(Cl)cnc2Br)CC1. The lowest BCUT2D eigenvalue weighted by Gasteiger charge is -2.31. The van der Waals surface area contributed by atoms with Crippen LogP contribution in [0.15, 0.2) is 16.9 Å². The lowest BCUT2D eigenvalue weighted by Crippen LogP contribution is -2.44. The summed E-state index contributed by atoms with van der Waals surface area (Å²) in [6.07, 6.45) is 3.32. The molecule has 5 nitrogen and oxygen atoms in total. The Hall–Kier alpha value is -1.01. The summed E-state index contributed by atoms with van der Waals surface area (Å²) < 4.78 is 0.740. The van der Waals surface area contributed by atoms with Crippen LogP contribution < -0.4 is 11.1 Å². The first-order chi connectivity index (χ1) is 8.56. The Kier molecular flexibility index (Phi) is 4.29. The van der Waals surface area contributed by atoms with Gasteiger partial charge in [0.25, 0.3) is 0 Å². The molecule has 1 saturated heterocycles. The van der Waals surface area contributed by atoms with E-state index in [0.717, 1.165) is 23.1 Å². The van der Waals surface area contributed by atoms with Gasteiger partial charge in [-0.3, -0.25) is 0 Å². The summed E-state index contributed by atoms with van der Waals surface area (Å²) in [5.41, 5.74) is 6.12. The maximum atomic E-state index is 11.0. The molecule has 0 radical (unpaired) electrons. The molecule has 2 amide bonds. The Balaban J connectivity index is 1.95. The number of piperidine rings is 1. The van der Waals surface area contributed by atoms with Crippen molar-refractivity contribution in [3.05, 3.63) is 21.9 Å². The highest BCUT2D eigenvalue weighted by molar-refractivity contribution is 9.10. The third-order valence-electron chi connectivity index (χ3n) is 2.97. The Morgan fingerprint density at radius 2 is 2.22 bits per heavy atom. The average molecular weight is 334 g/mol. The standard InChI is InChI=1S/C11H14BrClN4O/c12-10-9(5-7(13)6-15-10)16-8-1-3-17(4-2-8)11(14)18/h5-6,8,16H,1-4H2,(H2,14,18). The molecular weight excluding hydrogens is 320 g/mol. The molecule has 1 aromatic rings. The van der Waals surface area contributed by atoms with Gasteiger partial charge in [0, 0.05) is 25.3 Å². The number of urea groups is 1. The normalized spacial score (nSPS) is 16.7. The van der Waals surface area contributed by atoms with Gasteiger partial charge in [-0.2, -0.15) is 0 Å². The molecule has 0 spiro atoms. The molecule has 0 unspecified atom stereocenters. The summed E-state index contributed by atoms with van der Waals surface area (Å²) in [6.45, 7) is 1.36. The zero-order valence-electron chi connectivity index (χ0n) is 9.70. The number of halogens is 2. The highest BCUT2D eigenvalue weighted by atomic mass is 79.9. The maximum Gasteiger partial charge on any atom is 0.314 e. The Bertz CT molecular complexity index is 449. The second-order valence-electron chi connectivity index (χ2n) is 4.24. The summed E-state index contributed by atoms with van der Waals surface area (Å²) in [5, 5.41) is 3.97. The molecule has 1 fully saturated rings. The van der Waals surface area contributed by atoms with Crippen LogP contribution in [0, 0.1) is 0 Å². The van der Waals surface area contributed by atoms with Gasteiger partial charge in [0.05, 0.1) is 10.7 Å². The van der Waals surface area contributed by atoms with Crippen molar-refractivity contribution in [2.75, 3.05) is 18.4 Å². The van der Waals surface area contributed by atoms with Gasteiger partial charge in [-0.25, -0.2) is 9.78 Å². The fourth-order valence-corrected chi connectivity index (χ4v) is 2.48. The zero-order chi connectivity index (χ0) is 13.1. The molecule has 0 bridgehead atoms. The highest BCUT2D eigenvalue weighted by Gasteiger charge is 2.21. The molecule has 2 heterocycles. The first kappa shape index (κ1) is 13.4. The Labute approximate surface area is 119 Å². The van der Waals surface area contributed by atoms with Gasteiger partial charge in [-0.15, -0.1) is 0 Å². The Morgan fingerprint density at radius 3 is 2.83 bits per heavy atom. The van der Waals surface area contributed by atoms with Gasteiger partial charge in [-0.1, -0.05) is 11.6 Å². The topological polar surface area (TPSA) is 71.2 Å². The van der Waals surface area contributed by atoms with Crippen LogP contribution in [0.5, 0.6) is 0 Å². The van der Waals surface area contributed by atoms with Crippen LogP contribution in [0.3, 0.4) is 0 Å². The van der Waals surface area contributed by atoms with Crippen LogP contribution in [-0.4, -0.2) is 35.0 Å². The molecule has 1 aromatic heterocycles. The molecule has 0 atom stereocenters. The summed E-state index contributed by atoms with van der Waals surface area (Å²) >= 11 is 9.28. The number of nitrogens with zero attached hydrogens (tertiary/aromatic N) is 2. The smallest absolute Gasteiger partial charge is 0.314 e. The number of primary amides is 1. The molecule has 1 aliphatic rings. The van der Waals surface area contributed by atoms with Gasteiger partial charge >= 0.3 is 6.03 Å². The van der Waals surface area contributed by atoms with Crippen LogP contribution in [0.2, 0.25) is 5.02 Å². The molecule has 0 aromatic carbocycles. The maximum absolute atomic E-state index is 11.0. The van der Waals surface area contributed by atoms with E-state index in [2.05, 4.69) is 26.2 Å². The second-order valence-corrected chi connectivity index (χ2v) is 5.42. The van der Waals surface area contributed by atoms with Crippen molar-refractivity contribution in [2.24, 2.45) is 5.73 Å². The van der Waals surface area contributed by atoms with Gasteiger partial charge in [0.15, 0.2) is 0 Å². The van der Waals surface area contributed by atoms with E-state index >= 15 is 0 Å². The molecule has 0 saturated carbocycles. The van der Waals surface area contributed by atoms with Crippen molar-refractivity contribution in [2.45, 2.75) is 18.9 Å². The van der Waals surface area contributed by atoms with E-state index in [1.807, 2.05) is 6.07 Å². The van der Waals surface area contributed by atoms with Crippen LogP contribution >= 0.6 is 27.5 Å². The number of likely N-dealkylation sites (tertiary alicyclic amines) is 1. The first-order valence-electron chi connectivity index (χ1n) is 5.68. The van der Waals surface area contributed by atoms with Crippen LogP contribution in [0.4, 0.5) is 10.5 Å². The number of hydrogen-bond donors (Lipinski definition) is 2. The van der Waals surface area contributed by atoms with Gasteiger partial charge in [-0.05, 0) is 34.8 Å². The average Bonchev–Trinajstić information content (AvgIpc) is 2.34. The molecular formula is C11H14BrClN4O. The van der Waals surface area contributed by atoms with Crippen molar-refractivity contribution in [1.82, 2.24) is 9.88 Å². The second kappa shape index (κ2) is 5.75. The number of anilines is 1.